The number of aliphatic hydroxyl groups excluding tert-OH is 1. The van der Waals surface area contributed by atoms with Crippen molar-refractivity contribution in [3.63, 3.8) is 0 Å². The lowest BCUT2D eigenvalue weighted by molar-refractivity contribution is 0.208. The molecule has 0 aliphatic carbocycles. The van der Waals surface area contributed by atoms with Gasteiger partial charge in [-0.05, 0) is 19.1 Å². The van der Waals surface area contributed by atoms with Gasteiger partial charge in [0.15, 0.2) is 0 Å². The van der Waals surface area contributed by atoms with Crippen LogP contribution in [-0.2, 0) is 0 Å². The Kier molecular flexibility index (Phi) is 2.94. The van der Waals surface area contributed by atoms with Crippen LogP contribution in [0.1, 0.15) is 6.92 Å². The molecule has 3 heteroatoms. The maximum atomic E-state index is 9.08. The van der Waals surface area contributed by atoms with Gasteiger partial charge in [0, 0.05) is 18.3 Å². The number of aromatic hydroxyl groups is 1. The molecule has 1 aromatic carbocycles. The highest BCUT2D eigenvalue weighted by Gasteiger charge is 1.95. The van der Waals surface area contributed by atoms with Crippen molar-refractivity contribution in [2.75, 3.05) is 11.9 Å². The molecule has 0 saturated carbocycles. The van der Waals surface area contributed by atoms with E-state index in [9.17, 15) is 0 Å². The molecule has 0 aliphatic heterocycles. The van der Waals surface area contributed by atoms with Gasteiger partial charge < -0.3 is 15.5 Å². The molecule has 0 fully saturated rings. The number of hydrogen-bond acceptors (Lipinski definition) is 3. The third-order valence-corrected chi connectivity index (χ3v) is 1.45. The molecule has 1 atom stereocenters. The molecule has 0 radical (unpaired) electrons. The summed E-state index contributed by atoms with van der Waals surface area (Å²) >= 11 is 0. The molecule has 0 aromatic heterocycles. The summed E-state index contributed by atoms with van der Waals surface area (Å²) in [5.74, 6) is 0.227. The molecular formula is C9H13NO2. The molecule has 66 valence electrons. The molecule has 0 amide bonds. The summed E-state index contributed by atoms with van der Waals surface area (Å²) in [6.45, 7) is 2.19. The molecule has 1 aromatic rings. The van der Waals surface area contributed by atoms with E-state index in [0.29, 0.717) is 6.54 Å². The summed E-state index contributed by atoms with van der Waals surface area (Å²) in [6.07, 6.45) is -0.382. The van der Waals surface area contributed by atoms with Crippen molar-refractivity contribution < 1.29 is 10.2 Å². The highest BCUT2D eigenvalue weighted by Crippen LogP contribution is 2.14. The fraction of sp³-hybridized carbons (Fsp3) is 0.333. The molecule has 1 rings (SSSR count). The second-order valence-electron chi connectivity index (χ2n) is 2.78. The Morgan fingerprint density at radius 3 is 2.83 bits per heavy atom. The molecule has 0 bridgehead atoms. The number of phenolic OH excluding ortho intramolecular Hbond substituents is 1. The minimum atomic E-state index is -0.382. The Morgan fingerprint density at radius 2 is 2.25 bits per heavy atom. The second kappa shape index (κ2) is 3.97. The van der Waals surface area contributed by atoms with Gasteiger partial charge in [-0.15, -0.1) is 0 Å². The van der Waals surface area contributed by atoms with Crippen LogP contribution < -0.4 is 5.32 Å². The average Bonchev–Trinajstić information content (AvgIpc) is 2.01. The first-order valence-electron chi connectivity index (χ1n) is 3.89. The Hall–Kier alpha value is -1.22. The zero-order chi connectivity index (χ0) is 8.97. The number of benzene rings is 1. The lowest BCUT2D eigenvalue weighted by Gasteiger charge is -2.07. The summed E-state index contributed by atoms with van der Waals surface area (Å²) in [5.41, 5.74) is 0.816. The van der Waals surface area contributed by atoms with Crippen LogP contribution >= 0.6 is 0 Å². The number of anilines is 1. The summed E-state index contributed by atoms with van der Waals surface area (Å²) in [7, 11) is 0. The second-order valence-corrected chi connectivity index (χ2v) is 2.78. The lowest BCUT2D eigenvalue weighted by atomic mass is 10.3. The van der Waals surface area contributed by atoms with Crippen LogP contribution in [0.3, 0.4) is 0 Å². The van der Waals surface area contributed by atoms with E-state index in [4.69, 9.17) is 10.2 Å². The van der Waals surface area contributed by atoms with Crippen LogP contribution in [0.15, 0.2) is 24.3 Å². The Labute approximate surface area is 71.7 Å². The van der Waals surface area contributed by atoms with Crippen LogP contribution in [-0.4, -0.2) is 22.9 Å². The van der Waals surface area contributed by atoms with Crippen molar-refractivity contribution in [3.8, 4) is 5.75 Å². The van der Waals surface area contributed by atoms with E-state index >= 15 is 0 Å². The van der Waals surface area contributed by atoms with E-state index in [0.717, 1.165) is 5.69 Å². The highest BCUT2D eigenvalue weighted by molar-refractivity contribution is 5.47. The zero-order valence-corrected chi connectivity index (χ0v) is 6.99. The Balaban J connectivity index is 2.52. The monoisotopic (exact) mass is 167 g/mol. The molecule has 3 N–H and O–H groups in total. The van der Waals surface area contributed by atoms with Gasteiger partial charge in [0.05, 0.1) is 6.10 Å². The van der Waals surface area contributed by atoms with Gasteiger partial charge in [-0.1, -0.05) is 6.07 Å². The van der Waals surface area contributed by atoms with Crippen LogP contribution in [0.25, 0.3) is 0 Å². The smallest absolute Gasteiger partial charge is 0.117 e. The molecule has 0 saturated heterocycles. The fourth-order valence-corrected chi connectivity index (χ4v) is 0.881. The van der Waals surface area contributed by atoms with Gasteiger partial charge in [0.25, 0.3) is 0 Å². The third-order valence-electron chi connectivity index (χ3n) is 1.45. The largest absolute Gasteiger partial charge is 0.508 e. The quantitative estimate of drug-likeness (QED) is 0.633. The normalized spacial score (nSPS) is 12.5. The Bertz CT molecular complexity index is 248. The Morgan fingerprint density at radius 1 is 1.50 bits per heavy atom. The van der Waals surface area contributed by atoms with Crippen molar-refractivity contribution in [1.29, 1.82) is 0 Å². The van der Waals surface area contributed by atoms with Crippen molar-refractivity contribution in [3.05, 3.63) is 24.3 Å². The van der Waals surface area contributed by atoms with Gasteiger partial charge >= 0.3 is 0 Å². The third kappa shape index (κ3) is 2.80. The summed E-state index contributed by atoms with van der Waals surface area (Å²) in [5, 5.41) is 21.0. The van der Waals surface area contributed by atoms with E-state index < -0.39 is 0 Å². The SMILES string of the molecule is CC(O)CNc1cccc(O)c1. The zero-order valence-electron chi connectivity index (χ0n) is 6.99. The number of hydrogen-bond donors (Lipinski definition) is 3. The number of phenols is 1. The predicted octanol–water partition coefficient (Wildman–Crippen LogP) is 1.18. The minimum absolute atomic E-state index is 0.227. The maximum absolute atomic E-state index is 9.08. The van der Waals surface area contributed by atoms with Crippen LogP contribution in [0.5, 0.6) is 5.75 Å². The first-order valence-corrected chi connectivity index (χ1v) is 3.89. The van der Waals surface area contributed by atoms with E-state index in [1.54, 1.807) is 25.1 Å². The molecule has 3 nitrogen and oxygen atoms in total. The van der Waals surface area contributed by atoms with Crippen LogP contribution in [0.4, 0.5) is 5.69 Å². The molecule has 0 aliphatic rings. The molecule has 12 heavy (non-hydrogen) atoms. The minimum Gasteiger partial charge on any atom is -0.508 e. The molecule has 0 spiro atoms. The van der Waals surface area contributed by atoms with Gasteiger partial charge in [-0.2, -0.15) is 0 Å². The standard InChI is InChI=1S/C9H13NO2/c1-7(11)6-10-8-3-2-4-9(12)5-8/h2-5,7,10-12H,6H2,1H3. The maximum Gasteiger partial charge on any atom is 0.117 e. The van der Waals surface area contributed by atoms with E-state index in [2.05, 4.69) is 5.32 Å². The predicted molar refractivity (Wildman–Crippen MR) is 48.3 cm³/mol. The number of aliphatic hydroxyl groups is 1. The average molecular weight is 167 g/mol. The van der Waals surface area contributed by atoms with Crippen molar-refractivity contribution in [2.45, 2.75) is 13.0 Å². The number of nitrogens with one attached hydrogen (secondary N) is 1. The van der Waals surface area contributed by atoms with E-state index in [-0.39, 0.29) is 11.9 Å². The summed E-state index contributed by atoms with van der Waals surface area (Å²) in [6, 6.07) is 6.80. The number of rotatable bonds is 3. The fourth-order valence-electron chi connectivity index (χ4n) is 0.881. The molecular weight excluding hydrogens is 154 g/mol. The van der Waals surface area contributed by atoms with Crippen molar-refractivity contribution in [1.82, 2.24) is 0 Å². The van der Waals surface area contributed by atoms with E-state index in [1.165, 1.54) is 0 Å². The summed E-state index contributed by atoms with van der Waals surface area (Å²) < 4.78 is 0. The van der Waals surface area contributed by atoms with Crippen molar-refractivity contribution >= 4 is 5.69 Å². The highest BCUT2D eigenvalue weighted by atomic mass is 16.3. The van der Waals surface area contributed by atoms with Gasteiger partial charge in [0.1, 0.15) is 5.75 Å². The van der Waals surface area contributed by atoms with Gasteiger partial charge in [0.2, 0.25) is 0 Å². The first-order chi connectivity index (χ1) is 5.68. The molecule has 1 unspecified atom stereocenters. The van der Waals surface area contributed by atoms with Gasteiger partial charge in [-0.3, -0.25) is 0 Å². The van der Waals surface area contributed by atoms with E-state index in [1.807, 2.05) is 6.07 Å². The van der Waals surface area contributed by atoms with Crippen molar-refractivity contribution in [2.24, 2.45) is 0 Å². The van der Waals surface area contributed by atoms with Crippen LogP contribution in [0.2, 0.25) is 0 Å². The summed E-state index contributed by atoms with van der Waals surface area (Å²) in [4.78, 5) is 0. The first kappa shape index (κ1) is 8.87. The topological polar surface area (TPSA) is 52.5 Å². The van der Waals surface area contributed by atoms with Gasteiger partial charge in [-0.25, -0.2) is 0 Å². The van der Waals surface area contributed by atoms with Crippen LogP contribution in [0, 0.1) is 0 Å². The molecule has 0 heterocycles. The lowest BCUT2D eigenvalue weighted by Crippen LogP contribution is -2.15.